The van der Waals surface area contributed by atoms with Gasteiger partial charge in [-0.2, -0.15) is 4.72 Å². The van der Waals surface area contributed by atoms with Crippen molar-refractivity contribution < 1.29 is 22.7 Å². The van der Waals surface area contributed by atoms with Crippen molar-refractivity contribution in [2.75, 3.05) is 12.4 Å². The minimum Gasteiger partial charge on any atom is -0.468 e. The molecule has 126 valence electrons. The lowest BCUT2D eigenvalue weighted by Crippen LogP contribution is -2.44. The van der Waals surface area contributed by atoms with E-state index in [0.29, 0.717) is 18.5 Å². The van der Waals surface area contributed by atoms with E-state index in [4.69, 9.17) is 0 Å². The van der Waals surface area contributed by atoms with E-state index in [1.54, 1.807) is 19.9 Å². The van der Waals surface area contributed by atoms with E-state index in [1.165, 1.54) is 19.2 Å². The Balaban J connectivity index is 2.29. The Labute approximate surface area is 135 Å². The summed E-state index contributed by atoms with van der Waals surface area (Å²) in [6.07, 6.45) is 0.801. The summed E-state index contributed by atoms with van der Waals surface area (Å²) < 4.78 is 32.1. The number of ether oxygens (including phenoxy) is 1. The Kier molecular flexibility index (Phi) is 5.06. The zero-order valence-electron chi connectivity index (χ0n) is 13.3. The number of carbonyl (C=O) groups is 2. The fourth-order valence-electron chi connectivity index (χ4n) is 2.35. The number of rotatable bonds is 5. The van der Waals surface area contributed by atoms with Crippen LogP contribution in [0.2, 0.25) is 0 Å². The fourth-order valence-corrected chi connectivity index (χ4v) is 3.73. The molecule has 1 aliphatic heterocycles. The molecule has 0 saturated carbocycles. The number of benzene rings is 1. The Morgan fingerprint density at radius 2 is 2.00 bits per heavy atom. The smallest absolute Gasteiger partial charge is 0.324 e. The summed E-state index contributed by atoms with van der Waals surface area (Å²) in [5.74, 6) is -0.972. The van der Waals surface area contributed by atoms with E-state index in [1.807, 2.05) is 0 Å². The molecule has 0 aromatic heterocycles. The number of aryl methyl sites for hydroxylation is 1. The molecule has 1 amide bonds. The second kappa shape index (κ2) is 6.67. The van der Waals surface area contributed by atoms with Gasteiger partial charge in [-0.25, -0.2) is 8.42 Å². The quantitative estimate of drug-likeness (QED) is 0.780. The van der Waals surface area contributed by atoms with Gasteiger partial charge >= 0.3 is 5.97 Å². The van der Waals surface area contributed by atoms with E-state index >= 15 is 0 Å². The lowest BCUT2D eigenvalue weighted by Gasteiger charge is -2.21. The third kappa shape index (κ3) is 3.89. The van der Waals surface area contributed by atoms with Gasteiger partial charge in [0.05, 0.1) is 12.0 Å². The molecular weight excluding hydrogens is 320 g/mol. The van der Waals surface area contributed by atoms with E-state index < -0.39 is 22.0 Å². The van der Waals surface area contributed by atoms with Crippen LogP contribution in [-0.4, -0.2) is 33.4 Å². The van der Waals surface area contributed by atoms with Gasteiger partial charge in [0.2, 0.25) is 15.9 Å². The van der Waals surface area contributed by atoms with Gasteiger partial charge < -0.3 is 10.1 Å². The predicted molar refractivity (Wildman–Crippen MR) is 84.4 cm³/mol. The van der Waals surface area contributed by atoms with Gasteiger partial charge in [-0.15, -0.1) is 0 Å². The normalized spacial score (nSPS) is 15.7. The summed E-state index contributed by atoms with van der Waals surface area (Å²) in [5.41, 5.74) is 1.38. The van der Waals surface area contributed by atoms with E-state index in [0.717, 1.165) is 5.56 Å². The lowest BCUT2D eigenvalue weighted by atomic mass is 10.0. The van der Waals surface area contributed by atoms with Crippen LogP contribution in [0, 0.1) is 5.92 Å². The Morgan fingerprint density at radius 3 is 2.61 bits per heavy atom. The van der Waals surface area contributed by atoms with Gasteiger partial charge in [-0.1, -0.05) is 13.8 Å². The van der Waals surface area contributed by atoms with Crippen molar-refractivity contribution in [1.29, 1.82) is 0 Å². The summed E-state index contributed by atoms with van der Waals surface area (Å²) in [7, 11) is -2.65. The summed E-state index contributed by atoms with van der Waals surface area (Å²) in [6.45, 7) is 3.46. The SMILES string of the molecule is COC(=O)[C@@H](NS(=O)(=O)c1ccc2c(c1)CCC(=O)N2)C(C)C. The first-order chi connectivity index (χ1) is 10.7. The first-order valence-corrected chi connectivity index (χ1v) is 8.76. The third-order valence-corrected chi connectivity index (χ3v) is 5.13. The summed E-state index contributed by atoms with van der Waals surface area (Å²) in [6, 6.07) is 3.53. The molecule has 0 saturated heterocycles. The van der Waals surface area contributed by atoms with Crippen molar-refractivity contribution in [2.24, 2.45) is 5.92 Å². The highest BCUT2D eigenvalue weighted by Gasteiger charge is 2.29. The molecule has 1 heterocycles. The number of fused-ring (bicyclic) bond motifs is 1. The van der Waals surface area contributed by atoms with Crippen LogP contribution in [0.15, 0.2) is 23.1 Å². The molecule has 1 atom stereocenters. The largest absolute Gasteiger partial charge is 0.468 e. The van der Waals surface area contributed by atoms with Gasteiger partial charge in [0.1, 0.15) is 6.04 Å². The van der Waals surface area contributed by atoms with Crippen molar-refractivity contribution in [1.82, 2.24) is 4.72 Å². The zero-order chi connectivity index (χ0) is 17.2. The maximum absolute atomic E-state index is 12.5. The Morgan fingerprint density at radius 1 is 1.30 bits per heavy atom. The standard InChI is InChI=1S/C15H20N2O5S/c1-9(2)14(15(19)22-3)17-23(20,21)11-5-6-12-10(8-11)4-7-13(18)16-12/h5-6,8-9,14,17H,4,7H2,1-3H3,(H,16,18)/t14-/m0/s1. The molecule has 0 fully saturated rings. The monoisotopic (exact) mass is 340 g/mol. The molecule has 1 aliphatic rings. The van der Waals surface area contributed by atoms with E-state index in [2.05, 4.69) is 14.8 Å². The van der Waals surface area contributed by atoms with Crippen LogP contribution in [0.1, 0.15) is 25.8 Å². The summed E-state index contributed by atoms with van der Waals surface area (Å²) >= 11 is 0. The Hall–Kier alpha value is -1.93. The number of carbonyl (C=O) groups excluding carboxylic acids is 2. The number of esters is 1. The topological polar surface area (TPSA) is 102 Å². The number of hydrogen-bond acceptors (Lipinski definition) is 5. The number of nitrogens with one attached hydrogen (secondary N) is 2. The molecule has 0 radical (unpaired) electrons. The highest BCUT2D eigenvalue weighted by atomic mass is 32.2. The molecule has 0 aliphatic carbocycles. The molecule has 0 bridgehead atoms. The van der Waals surface area contributed by atoms with Crippen LogP contribution in [0.4, 0.5) is 5.69 Å². The van der Waals surface area contributed by atoms with Crippen molar-refractivity contribution in [3.8, 4) is 0 Å². The lowest BCUT2D eigenvalue weighted by molar-refractivity contribution is -0.143. The number of amides is 1. The second-order valence-electron chi connectivity index (χ2n) is 5.73. The fraction of sp³-hybridized carbons (Fsp3) is 0.467. The van der Waals surface area contributed by atoms with Gasteiger partial charge in [0.15, 0.2) is 0 Å². The maximum Gasteiger partial charge on any atom is 0.324 e. The first kappa shape index (κ1) is 17.4. The molecule has 0 unspecified atom stereocenters. The second-order valence-corrected chi connectivity index (χ2v) is 7.45. The average molecular weight is 340 g/mol. The van der Waals surface area contributed by atoms with E-state index in [9.17, 15) is 18.0 Å². The van der Waals surface area contributed by atoms with Gasteiger partial charge in [0.25, 0.3) is 0 Å². The van der Waals surface area contributed by atoms with Gasteiger partial charge in [0, 0.05) is 12.1 Å². The molecule has 0 spiro atoms. The van der Waals surface area contributed by atoms with Crippen LogP contribution in [-0.2, 0) is 30.8 Å². The highest BCUT2D eigenvalue weighted by molar-refractivity contribution is 7.89. The van der Waals surface area contributed by atoms with Crippen LogP contribution in [0.3, 0.4) is 0 Å². The highest BCUT2D eigenvalue weighted by Crippen LogP contribution is 2.25. The number of hydrogen-bond donors (Lipinski definition) is 2. The molecule has 2 rings (SSSR count). The van der Waals surface area contributed by atoms with Crippen molar-refractivity contribution >= 4 is 27.6 Å². The minimum atomic E-state index is -3.87. The van der Waals surface area contributed by atoms with Crippen molar-refractivity contribution in [3.05, 3.63) is 23.8 Å². The van der Waals surface area contributed by atoms with Crippen LogP contribution in [0.25, 0.3) is 0 Å². The molecule has 23 heavy (non-hydrogen) atoms. The molecule has 1 aromatic rings. The molecular formula is C15H20N2O5S. The number of sulfonamides is 1. The van der Waals surface area contributed by atoms with Gasteiger partial charge in [-0.3, -0.25) is 9.59 Å². The number of methoxy groups -OCH3 is 1. The molecule has 8 heteroatoms. The zero-order valence-corrected chi connectivity index (χ0v) is 14.1. The first-order valence-electron chi connectivity index (χ1n) is 7.27. The Bertz CT molecular complexity index is 727. The van der Waals surface area contributed by atoms with Gasteiger partial charge in [-0.05, 0) is 36.1 Å². The predicted octanol–water partition coefficient (Wildman–Crippen LogP) is 1.05. The summed E-state index contributed by atoms with van der Waals surface area (Å²) in [4.78, 5) is 23.1. The van der Waals surface area contributed by atoms with Crippen LogP contribution in [0.5, 0.6) is 0 Å². The maximum atomic E-state index is 12.5. The van der Waals surface area contributed by atoms with E-state index in [-0.39, 0.29) is 16.7 Å². The molecule has 1 aromatic carbocycles. The van der Waals surface area contributed by atoms with Crippen LogP contribution >= 0.6 is 0 Å². The minimum absolute atomic E-state index is 0.0574. The average Bonchev–Trinajstić information content (AvgIpc) is 2.51. The number of anilines is 1. The van der Waals surface area contributed by atoms with Crippen molar-refractivity contribution in [2.45, 2.75) is 37.6 Å². The third-order valence-electron chi connectivity index (χ3n) is 3.69. The van der Waals surface area contributed by atoms with Crippen LogP contribution < -0.4 is 10.0 Å². The molecule has 7 nitrogen and oxygen atoms in total. The van der Waals surface area contributed by atoms with Crippen molar-refractivity contribution in [3.63, 3.8) is 0 Å². The summed E-state index contributed by atoms with van der Waals surface area (Å²) in [5, 5.41) is 2.70. The molecule has 2 N–H and O–H groups in total.